The third-order valence-corrected chi connectivity index (χ3v) is 3.56. The van der Waals surface area contributed by atoms with Gasteiger partial charge in [-0.15, -0.1) is 0 Å². The van der Waals surface area contributed by atoms with Gasteiger partial charge in [0, 0.05) is 10.7 Å². The molecular formula is C15H14BrNO2. The third-order valence-electron chi connectivity index (χ3n) is 3.03. The zero-order valence-electron chi connectivity index (χ0n) is 10.5. The topological polar surface area (TPSA) is 50.2 Å². The van der Waals surface area contributed by atoms with E-state index in [-0.39, 0.29) is 0 Å². The van der Waals surface area contributed by atoms with Crippen molar-refractivity contribution in [2.75, 3.05) is 0 Å². The molecule has 1 aromatic heterocycles. The molecule has 4 heteroatoms. The Morgan fingerprint density at radius 2 is 2.00 bits per heavy atom. The Hall–Kier alpha value is -1.68. The van der Waals surface area contributed by atoms with Gasteiger partial charge in [-0.2, -0.15) is 0 Å². The lowest BCUT2D eigenvalue weighted by molar-refractivity contribution is -0.138. The van der Waals surface area contributed by atoms with Gasteiger partial charge in [0.15, 0.2) is 0 Å². The van der Waals surface area contributed by atoms with E-state index in [1.165, 1.54) is 0 Å². The minimum Gasteiger partial charge on any atom is -0.481 e. The summed E-state index contributed by atoms with van der Waals surface area (Å²) in [5.74, 6) is -1.45. The van der Waals surface area contributed by atoms with E-state index in [0.29, 0.717) is 12.1 Å². The van der Waals surface area contributed by atoms with Crippen molar-refractivity contribution in [3.05, 3.63) is 63.9 Å². The minimum atomic E-state index is -0.843. The molecule has 0 saturated heterocycles. The first-order chi connectivity index (χ1) is 9.08. The maximum absolute atomic E-state index is 11.5. The highest BCUT2D eigenvalue weighted by Gasteiger charge is 2.23. The first kappa shape index (κ1) is 13.7. The van der Waals surface area contributed by atoms with Gasteiger partial charge < -0.3 is 5.11 Å². The molecule has 0 radical (unpaired) electrons. The largest absolute Gasteiger partial charge is 0.481 e. The Balaban J connectivity index is 2.29. The zero-order chi connectivity index (χ0) is 13.8. The van der Waals surface area contributed by atoms with Crippen LogP contribution in [0.25, 0.3) is 0 Å². The molecular weight excluding hydrogens is 306 g/mol. The van der Waals surface area contributed by atoms with Gasteiger partial charge in [0.2, 0.25) is 0 Å². The Labute approximate surface area is 120 Å². The molecule has 0 spiro atoms. The van der Waals surface area contributed by atoms with E-state index in [4.69, 9.17) is 0 Å². The lowest BCUT2D eigenvalue weighted by atomic mass is 9.93. The van der Waals surface area contributed by atoms with E-state index in [1.54, 1.807) is 6.20 Å². The van der Waals surface area contributed by atoms with Crippen LogP contribution in [-0.2, 0) is 11.2 Å². The number of aryl methyl sites for hydroxylation is 1. The molecule has 1 aromatic carbocycles. The number of hydrogen-bond donors (Lipinski definition) is 1. The fourth-order valence-corrected chi connectivity index (χ4v) is 2.28. The Morgan fingerprint density at radius 1 is 1.32 bits per heavy atom. The van der Waals surface area contributed by atoms with E-state index in [0.717, 1.165) is 15.6 Å². The second-order valence-electron chi connectivity index (χ2n) is 4.43. The van der Waals surface area contributed by atoms with E-state index in [9.17, 15) is 9.90 Å². The minimum absolute atomic E-state index is 0.445. The van der Waals surface area contributed by atoms with Crippen LogP contribution in [0.1, 0.15) is 22.7 Å². The fraction of sp³-hybridized carbons (Fsp3) is 0.200. The summed E-state index contributed by atoms with van der Waals surface area (Å²) in [5, 5.41) is 9.42. The zero-order valence-corrected chi connectivity index (χ0v) is 12.1. The SMILES string of the molecule is Cc1cccnc1C(Cc1ccc(Br)cc1)C(=O)O. The van der Waals surface area contributed by atoms with Crippen molar-refractivity contribution in [3.63, 3.8) is 0 Å². The fourth-order valence-electron chi connectivity index (χ4n) is 2.02. The first-order valence-corrected chi connectivity index (χ1v) is 6.76. The second-order valence-corrected chi connectivity index (χ2v) is 5.34. The van der Waals surface area contributed by atoms with Crippen LogP contribution in [0.5, 0.6) is 0 Å². The molecule has 0 saturated carbocycles. The molecule has 0 amide bonds. The third kappa shape index (κ3) is 3.41. The van der Waals surface area contributed by atoms with Crippen LogP contribution >= 0.6 is 15.9 Å². The number of benzene rings is 1. The van der Waals surface area contributed by atoms with E-state index in [1.807, 2.05) is 43.3 Å². The van der Waals surface area contributed by atoms with Crippen LogP contribution in [0.15, 0.2) is 47.1 Å². The molecule has 19 heavy (non-hydrogen) atoms. The number of pyridine rings is 1. The quantitative estimate of drug-likeness (QED) is 0.937. The normalized spacial score (nSPS) is 12.1. The summed E-state index contributed by atoms with van der Waals surface area (Å²) in [6.45, 7) is 1.89. The number of aliphatic carboxylic acids is 1. The van der Waals surface area contributed by atoms with Crippen molar-refractivity contribution in [3.8, 4) is 0 Å². The summed E-state index contributed by atoms with van der Waals surface area (Å²) in [5.41, 5.74) is 2.53. The number of carboxylic acid groups (broad SMARTS) is 1. The summed E-state index contributed by atoms with van der Waals surface area (Å²) in [4.78, 5) is 15.7. The van der Waals surface area contributed by atoms with Crippen molar-refractivity contribution in [2.24, 2.45) is 0 Å². The van der Waals surface area contributed by atoms with Gasteiger partial charge in [0.1, 0.15) is 5.92 Å². The van der Waals surface area contributed by atoms with Crippen LogP contribution in [0.4, 0.5) is 0 Å². The maximum Gasteiger partial charge on any atom is 0.312 e. The van der Waals surface area contributed by atoms with Gasteiger partial charge in [-0.25, -0.2) is 0 Å². The van der Waals surface area contributed by atoms with E-state index in [2.05, 4.69) is 20.9 Å². The number of carbonyl (C=O) groups is 1. The van der Waals surface area contributed by atoms with Gasteiger partial charge >= 0.3 is 5.97 Å². The Morgan fingerprint density at radius 3 is 2.58 bits per heavy atom. The summed E-state index contributed by atoms with van der Waals surface area (Å²) in [6, 6.07) is 11.4. The summed E-state index contributed by atoms with van der Waals surface area (Å²) in [7, 11) is 0. The molecule has 98 valence electrons. The molecule has 2 rings (SSSR count). The molecule has 1 unspecified atom stereocenters. The smallest absolute Gasteiger partial charge is 0.312 e. The van der Waals surface area contributed by atoms with Gasteiger partial charge in [-0.05, 0) is 42.7 Å². The molecule has 0 aliphatic rings. The molecule has 0 fully saturated rings. The lowest BCUT2D eigenvalue weighted by Crippen LogP contribution is -2.17. The van der Waals surface area contributed by atoms with Crippen LogP contribution in [-0.4, -0.2) is 16.1 Å². The monoisotopic (exact) mass is 319 g/mol. The van der Waals surface area contributed by atoms with Gasteiger partial charge in [0.05, 0.1) is 5.69 Å². The molecule has 1 atom stereocenters. The Bertz CT molecular complexity index is 581. The van der Waals surface area contributed by atoms with Crippen molar-refractivity contribution in [2.45, 2.75) is 19.3 Å². The molecule has 0 aliphatic heterocycles. The standard InChI is InChI=1S/C15H14BrNO2/c1-10-3-2-8-17-14(10)13(15(18)19)9-11-4-6-12(16)7-5-11/h2-8,13H,9H2,1H3,(H,18,19). The molecule has 0 bridgehead atoms. The van der Waals surface area contributed by atoms with Crippen LogP contribution in [0, 0.1) is 6.92 Å². The van der Waals surface area contributed by atoms with Gasteiger partial charge in [-0.1, -0.05) is 34.1 Å². The van der Waals surface area contributed by atoms with E-state index >= 15 is 0 Å². The predicted molar refractivity (Wildman–Crippen MR) is 77.2 cm³/mol. The number of nitrogens with zero attached hydrogens (tertiary/aromatic N) is 1. The molecule has 0 aliphatic carbocycles. The molecule has 1 heterocycles. The highest BCUT2D eigenvalue weighted by Crippen LogP contribution is 2.23. The van der Waals surface area contributed by atoms with Crippen molar-refractivity contribution in [1.82, 2.24) is 4.98 Å². The second kappa shape index (κ2) is 5.97. The summed E-state index contributed by atoms with van der Waals surface area (Å²) >= 11 is 3.37. The highest BCUT2D eigenvalue weighted by atomic mass is 79.9. The summed E-state index contributed by atoms with van der Waals surface area (Å²) in [6.07, 6.45) is 2.08. The maximum atomic E-state index is 11.5. The van der Waals surface area contributed by atoms with E-state index < -0.39 is 11.9 Å². The molecule has 2 aromatic rings. The Kier molecular flexibility index (Phi) is 4.32. The van der Waals surface area contributed by atoms with Gasteiger partial charge in [-0.3, -0.25) is 9.78 Å². The molecule has 3 nitrogen and oxygen atoms in total. The van der Waals surface area contributed by atoms with Crippen LogP contribution in [0.2, 0.25) is 0 Å². The van der Waals surface area contributed by atoms with Crippen molar-refractivity contribution < 1.29 is 9.90 Å². The molecule has 1 N–H and O–H groups in total. The number of hydrogen-bond acceptors (Lipinski definition) is 2. The predicted octanol–water partition coefficient (Wildman–Crippen LogP) is 3.56. The average molecular weight is 320 g/mol. The van der Waals surface area contributed by atoms with Crippen molar-refractivity contribution >= 4 is 21.9 Å². The van der Waals surface area contributed by atoms with Gasteiger partial charge in [0.25, 0.3) is 0 Å². The first-order valence-electron chi connectivity index (χ1n) is 5.96. The number of carboxylic acids is 1. The number of halogens is 1. The summed E-state index contributed by atoms with van der Waals surface area (Å²) < 4.78 is 0.983. The average Bonchev–Trinajstić information content (AvgIpc) is 2.39. The van der Waals surface area contributed by atoms with Crippen LogP contribution < -0.4 is 0 Å². The lowest BCUT2D eigenvalue weighted by Gasteiger charge is -2.14. The van der Waals surface area contributed by atoms with Crippen molar-refractivity contribution in [1.29, 1.82) is 0 Å². The highest BCUT2D eigenvalue weighted by molar-refractivity contribution is 9.10. The van der Waals surface area contributed by atoms with Crippen LogP contribution in [0.3, 0.4) is 0 Å². The number of rotatable bonds is 4. The number of aromatic nitrogens is 1.